The molecule has 2 N–H and O–H groups in total. The predicted molar refractivity (Wildman–Crippen MR) is 79.8 cm³/mol. The van der Waals surface area contributed by atoms with Crippen LogP contribution in [-0.4, -0.2) is 24.2 Å². The van der Waals surface area contributed by atoms with Gasteiger partial charge in [0.15, 0.2) is 6.10 Å². The van der Waals surface area contributed by atoms with Crippen LogP contribution in [0.5, 0.6) is 17.2 Å². The third-order valence-corrected chi connectivity index (χ3v) is 2.84. The molecule has 0 bridgehead atoms. The van der Waals surface area contributed by atoms with Crippen molar-refractivity contribution in [1.82, 2.24) is 0 Å². The number of rotatable bonds is 5. The predicted octanol–water partition coefficient (Wildman–Crippen LogP) is 2.81. The quantitative estimate of drug-likeness (QED) is 0.887. The van der Waals surface area contributed by atoms with E-state index in [1.165, 1.54) is 12.1 Å². The first-order valence-electron chi connectivity index (χ1n) is 6.49. The fraction of sp³-hybridized carbons (Fsp3) is 0.188. The van der Waals surface area contributed by atoms with Crippen LogP contribution in [0.2, 0.25) is 0 Å². The Morgan fingerprint density at radius 1 is 1.14 bits per heavy atom. The number of methoxy groups -OCH3 is 1. The standard InChI is InChI=1S/C16H17NO4/c1-11(21-15-8-4-7-14(10-15)20-2)16(19)17-12-5-3-6-13(18)9-12/h3-11,18H,1-2H3,(H,17,19). The van der Waals surface area contributed by atoms with E-state index in [-0.39, 0.29) is 11.7 Å². The monoisotopic (exact) mass is 287 g/mol. The number of hydrogen-bond donors (Lipinski definition) is 2. The van der Waals surface area contributed by atoms with Gasteiger partial charge in [0.2, 0.25) is 0 Å². The van der Waals surface area contributed by atoms with Crippen LogP contribution >= 0.6 is 0 Å². The lowest BCUT2D eigenvalue weighted by Gasteiger charge is -2.15. The van der Waals surface area contributed by atoms with Crippen molar-refractivity contribution in [1.29, 1.82) is 0 Å². The molecule has 0 heterocycles. The van der Waals surface area contributed by atoms with E-state index in [4.69, 9.17) is 9.47 Å². The van der Waals surface area contributed by atoms with E-state index in [1.54, 1.807) is 50.4 Å². The molecule has 0 aliphatic carbocycles. The van der Waals surface area contributed by atoms with Crippen LogP contribution in [0.1, 0.15) is 6.92 Å². The van der Waals surface area contributed by atoms with Crippen LogP contribution in [0.3, 0.4) is 0 Å². The van der Waals surface area contributed by atoms with Crippen LogP contribution in [0.15, 0.2) is 48.5 Å². The van der Waals surface area contributed by atoms with Gasteiger partial charge in [0.05, 0.1) is 7.11 Å². The molecule has 0 saturated heterocycles. The van der Waals surface area contributed by atoms with Crippen LogP contribution in [0.25, 0.3) is 0 Å². The Labute approximate surface area is 123 Å². The molecule has 1 amide bonds. The second-order valence-corrected chi connectivity index (χ2v) is 4.48. The molecule has 2 rings (SSSR count). The Morgan fingerprint density at radius 2 is 1.86 bits per heavy atom. The molecule has 0 aliphatic rings. The molecule has 2 aromatic rings. The van der Waals surface area contributed by atoms with Crippen LogP contribution < -0.4 is 14.8 Å². The van der Waals surface area contributed by atoms with Crippen LogP contribution in [-0.2, 0) is 4.79 Å². The molecule has 5 nitrogen and oxygen atoms in total. The van der Waals surface area contributed by atoms with E-state index in [9.17, 15) is 9.90 Å². The number of nitrogens with one attached hydrogen (secondary N) is 1. The Balaban J connectivity index is 1.99. The molecule has 5 heteroatoms. The first-order valence-corrected chi connectivity index (χ1v) is 6.49. The molecule has 0 aliphatic heterocycles. The van der Waals surface area contributed by atoms with Gasteiger partial charge in [-0.1, -0.05) is 12.1 Å². The van der Waals surface area contributed by atoms with Crippen molar-refractivity contribution in [3.63, 3.8) is 0 Å². The first kappa shape index (κ1) is 14.7. The fourth-order valence-electron chi connectivity index (χ4n) is 1.76. The maximum Gasteiger partial charge on any atom is 0.265 e. The molecule has 1 unspecified atom stereocenters. The zero-order valence-corrected chi connectivity index (χ0v) is 11.9. The van der Waals surface area contributed by atoms with E-state index in [1.807, 2.05) is 0 Å². The molecular weight excluding hydrogens is 270 g/mol. The number of phenolic OH excluding ortho intramolecular Hbond substituents is 1. The highest BCUT2D eigenvalue weighted by Gasteiger charge is 2.15. The summed E-state index contributed by atoms with van der Waals surface area (Å²) in [5.74, 6) is 0.999. The lowest BCUT2D eigenvalue weighted by atomic mass is 10.2. The topological polar surface area (TPSA) is 67.8 Å². The zero-order chi connectivity index (χ0) is 15.2. The summed E-state index contributed by atoms with van der Waals surface area (Å²) in [6.45, 7) is 1.65. The zero-order valence-electron chi connectivity index (χ0n) is 11.9. The number of amides is 1. The van der Waals surface area contributed by atoms with Gasteiger partial charge in [-0.2, -0.15) is 0 Å². The number of anilines is 1. The molecule has 1 atom stereocenters. The minimum Gasteiger partial charge on any atom is -0.508 e. The summed E-state index contributed by atoms with van der Waals surface area (Å²) < 4.78 is 10.7. The SMILES string of the molecule is COc1cccc(OC(C)C(=O)Nc2cccc(O)c2)c1. The summed E-state index contributed by atoms with van der Waals surface area (Å²) in [6, 6.07) is 13.4. The van der Waals surface area contributed by atoms with E-state index in [0.29, 0.717) is 17.2 Å². The van der Waals surface area contributed by atoms with E-state index >= 15 is 0 Å². The summed E-state index contributed by atoms with van der Waals surface area (Å²) in [5, 5.41) is 12.0. The maximum atomic E-state index is 12.0. The third-order valence-electron chi connectivity index (χ3n) is 2.84. The summed E-state index contributed by atoms with van der Waals surface area (Å²) in [4.78, 5) is 12.0. The van der Waals surface area contributed by atoms with E-state index < -0.39 is 6.10 Å². The van der Waals surface area contributed by atoms with Crippen molar-refractivity contribution in [3.8, 4) is 17.2 Å². The smallest absolute Gasteiger partial charge is 0.265 e. The molecule has 0 saturated carbocycles. The summed E-state index contributed by atoms with van der Waals surface area (Å²) in [6.07, 6.45) is -0.681. The highest BCUT2D eigenvalue weighted by atomic mass is 16.5. The first-order chi connectivity index (χ1) is 10.1. The molecule has 0 aromatic heterocycles. The Morgan fingerprint density at radius 3 is 2.57 bits per heavy atom. The number of aromatic hydroxyl groups is 1. The highest BCUT2D eigenvalue weighted by Crippen LogP contribution is 2.21. The number of carbonyl (C=O) groups excluding carboxylic acids is 1. The number of ether oxygens (including phenoxy) is 2. The van der Waals surface area contributed by atoms with Gasteiger partial charge in [-0.25, -0.2) is 0 Å². The second kappa shape index (κ2) is 6.65. The van der Waals surface area contributed by atoms with Gasteiger partial charge < -0.3 is 19.9 Å². The molecule has 0 spiro atoms. The Kier molecular flexibility index (Phi) is 4.66. The van der Waals surface area contributed by atoms with Gasteiger partial charge in [0, 0.05) is 17.8 Å². The van der Waals surface area contributed by atoms with Gasteiger partial charge in [0.1, 0.15) is 17.2 Å². The molecule has 0 radical (unpaired) electrons. The largest absolute Gasteiger partial charge is 0.508 e. The molecule has 21 heavy (non-hydrogen) atoms. The van der Waals surface area contributed by atoms with Crippen molar-refractivity contribution in [2.45, 2.75) is 13.0 Å². The van der Waals surface area contributed by atoms with Gasteiger partial charge >= 0.3 is 0 Å². The van der Waals surface area contributed by atoms with Crippen molar-refractivity contribution in [3.05, 3.63) is 48.5 Å². The maximum absolute atomic E-state index is 12.0. The van der Waals surface area contributed by atoms with Gasteiger partial charge in [-0.15, -0.1) is 0 Å². The Hall–Kier alpha value is -2.69. The number of hydrogen-bond acceptors (Lipinski definition) is 4. The molecule has 2 aromatic carbocycles. The van der Waals surface area contributed by atoms with Gasteiger partial charge in [0.25, 0.3) is 5.91 Å². The summed E-state index contributed by atoms with van der Waals surface area (Å²) >= 11 is 0. The van der Waals surface area contributed by atoms with Crippen LogP contribution in [0, 0.1) is 0 Å². The van der Waals surface area contributed by atoms with E-state index in [2.05, 4.69) is 5.32 Å². The number of carbonyl (C=O) groups is 1. The van der Waals surface area contributed by atoms with Gasteiger partial charge in [-0.05, 0) is 31.2 Å². The average Bonchev–Trinajstić information content (AvgIpc) is 2.47. The lowest BCUT2D eigenvalue weighted by molar-refractivity contribution is -0.122. The average molecular weight is 287 g/mol. The lowest BCUT2D eigenvalue weighted by Crippen LogP contribution is -2.30. The van der Waals surface area contributed by atoms with E-state index in [0.717, 1.165) is 0 Å². The fourth-order valence-corrected chi connectivity index (χ4v) is 1.76. The minimum absolute atomic E-state index is 0.0918. The second-order valence-electron chi connectivity index (χ2n) is 4.48. The van der Waals surface area contributed by atoms with Crippen LogP contribution in [0.4, 0.5) is 5.69 Å². The normalized spacial score (nSPS) is 11.5. The van der Waals surface area contributed by atoms with Crippen molar-refractivity contribution < 1.29 is 19.4 Å². The van der Waals surface area contributed by atoms with Crippen molar-refractivity contribution in [2.24, 2.45) is 0 Å². The highest BCUT2D eigenvalue weighted by molar-refractivity contribution is 5.94. The van der Waals surface area contributed by atoms with Gasteiger partial charge in [-0.3, -0.25) is 4.79 Å². The van der Waals surface area contributed by atoms with Crippen molar-refractivity contribution in [2.75, 3.05) is 12.4 Å². The molecule has 110 valence electrons. The number of phenols is 1. The summed E-state index contributed by atoms with van der Waals surface area (Å²) in [5.41, 5.74) is 0.515. The molecule has 0 fully saturated rings. The third kappa shape index (κ3) is 4.14. The minimum atomic E-state index is -0.681. The summed E-state index contributed by atoms with van der Waals surface area (Å²) in [7, 11) is 1.57. The van der Waals surface area contributed by atoms with Crippen molar-refractivity contribution >= 4 is 11.6 Å². The number of benzene rings is 2. The Bertz CT molecular complexity index is 627. The molecular formula is C16H17NO4.